The second-order valence-corrected chi connectivity index (χ2v) is 5.24. The van der Waals surface area contributed by atoms with Gasteiger partial charge in [0.1, 0.15) is 0 Å². The van der Waals surface area contributed by atoms with Crippen LogP contribution in [-0.4, -0.2) is 28.8 Å². The number of hydrogen-bond acceptors (Lipinski definition) is 3. The van der Waals surface area contributed by atoms with Gasteiger partial charge in [0.05, 0.1) is 12.3 Å². The molecule has 0 bridgehead atoms. The summed E-state index contributed by atoms with van der Waals surface area (Å²) in [5.74, 6) is 1.62. The highest BCUT2D eigenvalue weighted by atomic mass is 16.5. The van der Waals surface area contributed by atoms with Gasteiger partial charge in [-0.15, -0.1) is 0 Å². The van der Waals surface area contributed by atoms with Gasteiger partial charge < -0.3 is 14.6 Å². The van der Waals surface area contributed by atoms with E-state index in [0.29, 0.717) is 12.0 Å². The fourth-order valence-corrected chi connectivity index (χ4v) is 2.29. The summed E-state index contributed by atoms with van der Waals surface area (Å²) in [4.78, 5) is 4.53. The summed E-state index contributed by atoms with van der Waals surface area (Å²) in [7, 11) is 0. The molecule has 4 heteroatoms. The fraction of sp³-hybridized carbons (Fsp3) is 0.769. The largest absolute Gasteiger partial charge is 0.381 e. The Kier molecular flexibility index (Phi) is 4.05. The van der Waals surface area contributed by atoms with Crippen LogP contribution in [0, 0.1) is 12.8 Å². The predicted molar refractivity (Wildman–Crippen MR) is 69.3 cm³/mol. The van der Waals surface area contributed by atoms with Crippen LogP contribution in [0.1, 0.15) is 32.4 Å². The van der Waals surface area contributed by atoms with Crippen molar-refractivity contribution < 1.29 is 4.74 Å². The molecular weight excluding hydrogens is 214 g/mol. The van der Waals surface area contributed by atoms with Crippen molar-refractivity contribution in [2.75, 3.05) is 18.5 Å². The van der Waals surface area contributed by atoms with Gasteiger partial charge in [-0.05, 0) is 33.6 Å². The van der Waals surface area contributed by atoms with Crippen LogP contribution in [0.5, 0.6) is 0 Å². The van der Waals surface area contributed by atoms with E-state index in [9.17, 15) is 0 Å². The molecule has 0 radical (unpaired) electrons. The molecule has 1 unspecified atom stereocenters. The lowest BCUT2D eigenvalue weighted by molar-refractivity contribution is 0.0485. The van der Waals surface area contributed by atoms with E-state index in [1.54, 1.807) is 0 Å². The Morgan fingerprint density at radius 3 is 3.06 bits per heavy atom. The third-order valence-corrected chi connectivity index (χ3v) is 3.02. The Labute approximate surface area is 103 Å². The first kappa shape index (κ1) is 12.4. The zero-order valence-corrected chi connectivity index (χ0v) is 11.1. The normalized spacial score (nSPS) is 20.8. The molecule has 1 saturated heterocycles. The molecule has 1 aromatic heterocycles. The Balaban J connectivity index is 2.02. The molecule has 0 aromatic carbocycles. The summed E-state index contributed by atoms with van der Waals surface area (Å²) in [6.07, 6.45) is 4.57. The van der Waals surface area contributed by atoms with E-state index < -0.39 is 0 Å². The Morgan fingerprint density at radius 1 is 1.59 bits per heavy atom. The molecule has 0 saturated carbocycles. The van der Waals surface area contributed by atoms with Gasteiger partial charge in [-0.25, -0.2) is 4.98 Å². The average molecular weight is 237 g/mol. The maximum atomic E-state index is 5.53. The van der Waals surface area contributed by atoms with Crippen molar-refractivity contribution in [1.29, 1.82) is 0 Å². The van der Waals surface area contributed by atoms with E-state index in [1.165, 1.54) is 12.8 Å². The molecule has 2 heterocycles. The summed E-state index contributed by atoms with van der Waals surface area (Å²) in [5.41, 5.74) is 1.07. The number of anilines is 1. The van der Waals surface area contributed by atoms with Crippen LogP contribution in [0.25, 0.3) is 0 Å². The molecule has 17 heavy (non-hydrogen) atoms. The second kappa shape index (κ2) is 5.54. The number of nitrogens with one attached hydrogen (secondary N) is 1. The van der Waals surface area contributed by atoms with Crippen LogP contribution in [0.4, 0.5) is 5.95 Å². The van der Waals surface area contributed by atoms with Crippen LogP contribution in [0.15, 0.2) is 6.20 Å². The molecule has 1 N–H and O–H groups in total. The van der Waals surface area contributed by atoms with Gasteiger partial charge >= 0.3 is 0 Å². The maximum absolute atomic E-state index is 5.53. The first-order chi connectivity index (χ1) is 8.15. The topological polar surface area (TPSA) is 39.1 Å². The molecular formula is C13H23N3O. The molecule has 1 fully saturated rings. The van der Waals surface area contributed by atoms with Gasteiger partial charge in [0.15, 0.2) is 0 Å². The SMILES string of the molecule is Cc1cn(CC2CCCOC2)c(NC(C)C)n1. The van der Waals surface area contributed by atoms with Gasteiger partial charge in [-0.1, -0.05) is 0 Å². The number of ether oxygens (including phenoxy) is 1. The van der Waals surface area contributed by atoms with Crippen LogP contribution in [0.2, 0.25) is 0 Å². The number of aromatic nitrogens is 2. The third-order valence-electron chi connectivity index (χ3n) is 3.02. The van der Waals surface area contributed by atoms with Crippen LogP contribution >= 0.6 is 0 Å². The maximum Gasteiger partial charge on any atom is 0.203 e. The minimum atomic E-state index is 0.415. The van der Waals surface area contributed by atoms with E-state index in [4.69, 9.17) is 4.74 Å². The number of rotatable bonds is 4. The highest BCUT2D eigenvalue weighted by Crippen LogP contribution is 2.19. The fourth-order valence-electron chi connectivity index (χ4n) is 2.29. The van der Waals surface area contributed by atoms with Crippen LogP contribution < -0.4 is 5.32 Å². The van der Waals surface area contributed by atoms with Crippen molar-refractivity contribution in [2.45, 2.75) is 46.2 Å². The van der Waals surface area contributed by atoms with Crippen molar-refractivity contribution in [2.24, 2.45) is 5.92 Å². The lowest BCUT2D eigenvalue weighted by Crippen LogP contribution is -2.23. The van der Waals surface area contributed by atoms with Crippen molar-refractivity contribution in [3.8, 4) is 0 Å². The zero-order chi connectivity index (χ0) is 12.3. The summed E-state index contributed by atoms with van der Waals surface area (Å²) in [6.45, 7) is 9.14. The lowest BCUT2D eigenvalue weighted by atomic mass is 10.0. The second-order valence-electron chi connectivity index (χ2n) is 5.24. The molecule has 1 aromatic rings. The minimum Gasteiger partial charge on any atom is -0.381 e. The Morgan fingerprint density at radius 2 is 2.41 bits per heavy atom. The average Bonchev–Trinajstić information content (AvgIpc) is 2.59. The number of imidazole rings is 1. The zero-order valence-electron chi connectivity index (χ0n) is 11.1. The summed E-state index contributed by atoms with van der Waals surface area (Å²) in [5, 5.41) is 3.39. The molecule has 2 rings (SSSR count). The molecule has 1 aliphatic heterocycles. The monoisotopic (exact) mass is 237 g/mol. The number of nitrogens with zero attached hydrogens (tertiary/aromatic N) is 2. The smallest absolute Gasteiger partial charge is 0.203 e. The number of hydrogen-bond donors (Lipinski definition) is 1. The number of aryl methyl sites for hydroxylation is 1. The van der Waals surface area contributed by atoms with Gasteiger partial charge in [0.25, 0.3) is 0 Å². The molecule has 1 aliphatic rings. The quantitative estimate of drug-likeness (QED) is 0.874. The molecule has 1 atom stereocenters. The van der Waals surface area contributed by atoms with E-state index in [-0.39, 0.29) is 0 Å². The van der Waals surface area contributed by atoms with Gasteiger partial charge in [0.2, 0.25) is 5.95 Å². The highest BCUT2D eigenvalue weighted by molar-refractivity contribution is 5.29. The summed E-state index contributed by atoms with van der Waals surface area (Å²) < 4.78 is 7.76. The first-order valence-corrected chi connectivity index (χ1v) is 6.53. The first-order valence-electron chi connectivity index (χ1n) is 6.53. The van der Waals surface area contributed by atoms with Crippen LogP contribution in [0.3, 0.4) is 0 Å². The van der Waals surface area contributed by atoms with Gasteiger partial charge in [-0.3, -0.25) is 0 Å². The van der Waals surface area contributed by atoms with Crippen LogP contribution in [-0.2, 0) is 11.3 Å². The summed E-state index contributed by atoms with van der Waals surface area (Å²) in [6, 6.07) is 0.415. The predicted octanol–water partition coefficient (Wildman–Crippen LogP) is 2.44. The third kappa shape index (κ3) is 3.46. The molecule has 4 nitrogen and oxygen atoms in total. The van der Waals surface area contributed by atoms with E-state index >= 15 is 0 Å². The molecule has 0 spiro atoms. The van der Waals surface area contributed by atoms with E-state index in [0.717, 1.165) is 31.4 Å². The molecule has 0 amide bonds. The summed E-state index contributed by atoms with van der Waals surface area (Å²) >= 11 is 0. The highest BCUT2D eigenvalue weighted by Gasteiger charge is 2.16. The van der Waals surface area contributed by atoms with Gasteiger partial charge in [-0.2, -0.15) is 0 Å². The van der Waals surface area contributed by atoms with Crippen molar-refractivity contribution in [3.05, 3.63) is 11.9 Å². The standard InChI is InChI=1S/C13H23N3O/c1-10(2)14-13-15-11(3)7-16(13)8-12-5-4-6-17-9-12/h7,10,12H,4-6,8-9H2,1-3H3,(H,14,15). The molecule has 96 valence electrons. The van der Waals surface area contributed by atoms with E-state index in [1.807, 2.05) is 6.92 Å². The van der Waals surface area contributed by atoms with E-state index in [2.05, 4.69) is 34.9 Å². The lowest BCUT2D eigenvalue weighted by Gasteiger charge is -2.23. The molecule has 0 aliphatic carbocycles. The van der Waals surface area contributed by atoms with Crippen molar-refractivity contribution in [1.82, 2.24) is 9.55 Å². The van der Waals surface area contributed by atoms with Gasteiger partial charge in [0, 0.05) is 31.3 Å². The van der Waals surface area contributed by atoms with Crippen molar-refractivity contribution >= 4 is 5.95 Å². The Hall–Kier alpha value is -1.03. The van der Waals surface area contributed by atoms with Crippen molar-refractivity contribution in [3.63, 3.8) is 0 Å². The Bertz CT molecular complexity index is 354. The minimum absolute atomic E-state index is 0.415.